The lowest BCUT2D eigenvalue weighted by molar-refractivity contribution is -0.162. The molecule has 0 aromatic heterocycles. The van der Waals surface area contributed by atoms with E-state index in [-0.39, 0.29) is 6.42 Å². The highest BCUT2D eigenvalue weighted by molar-refractivity contribution is 5.78. The van der Waals surface area contributed by atoms with E-state index in [0.29, 0.717) is 5.92 Å². The molecule has 2 unspecified atom stereocenters. The van der Waals surface area contributed by atoms with Crippen LogP contribution in [-0.2, 0) is 20.7 Å². The summed E-state index contributed by atoms with van der Waals surface area (Å²) in [5.74, 6) is -0.180. The molecule has 1 aromatic rings. The molecule has 5 nitrogen and oxygen atoms in total. The Kier molecular flexibility index (Phi) is 7.29. The van der Waals surface area contributed by atoms with Gasteiger partial charge in [0.05, 0.1) is 6.42 Å². The molecule has 0 aliphatic heterocycles. The van der Waals surface area contributed by atoms with E-state index in [4.69, 9.17) is 9.84 Å². The average molecular weight is 347 g/mol. The minimum Gasteiger partial charge on any atom is -0.479 e. The van der Waals surface area contributed by atoms with E-state index in [1.807, 2.05) is 24.3 Å². The number of benzene rings is 1. The fraction of sp³-hybridized carbons (Fsp3) is 0.600. The maximum Gasteiger partial charge on any atom is 0.344 e. The van der Waals surface area contributed by atoms with Crippen molar-refractivity contribution in [3.8, 4) is 0 Å². The van der Waals surface area contributed by atoms with E-state index in [1.54, 1.807) is 0 Å². The van der Waals surface area contributed by atoms with Crippen molar-refractivity contribution in [1.29, 1.82) is 0 Å². The smallest absolute Gasteiger partial charge is 0.344 e. The average Bonchev–Trinajstić information content (AvgIpc) is 2.61. The number of rotatable bonds is 8. The van der Waals surface area contributed by atoms with Crippen LogP contribution < -0.4 is 5.32 Å². The summed E-state index contributed by atoms with van der Waals surface area (Å²) in [6.07, 6.45) is 5.76. The van der Waals surface area contributed by atoms with Crippen molar-refractivity contribution in [2.75, 3.05) is 11.9 Å². The van der Waals surface area contributed by atoms with Crippen molar-refractivity contribution in [2.24, 2.45) is 11.8 Å². The summed E-state index contributed by atoms with van der Waals surface area (Å²) in [4.78, 5) is 22.4. The first-order valence-corrected chi connectivity index (χ1v) is 9.21. The Labute approximate surface area is 149 Å². The number of hydrogen-bond acceptors (Lipinski definition) is 4. The molecule has 0 amide bonds. The third kappa shape index (κ3) is 6.40. The molecule has 5 heteroatoms. The van der Waals surface area contributed by atoms with Crippen molar-refractivity contribution < 1.29 is 19.4 Å². The van der Waals surface area contributed by atoms with E-state index in [2.05, 4.69) is 12.2 Å². The van der Waals surface area contributed by atoms with E-state index in [1.165, 1.54) is 39.0 Å². The highest BCUT2D eigenvalue weighted by Crippen LogP contribution is 2.30. The van der Waals surface area contributed by atoms with Crippen molar-refractivity contribution in [1.82, 2.24) is 0 Å². The van der Waals surface area contributed by atoms with Gasteiger partial charge in [0, 0.05) is 12.2 Å². The van der Waals surface area contributed by atoms with Crippen LogP contribution in [-0.4, -0.2) is 29.7 Å². The van der Waals surface area contributed by atoms with E-state index < -0.39 is 18.0 Å². The van der Waals surface area contributed by atoms with Crippen LogP contribution in [0.1, 0.15) is 51.5 Å². The summed E-state index contributed by atoms with van der Waals surface area (Å²) in [7, 11) is 0. The fourth-order valence-electron chi connectivity index (χ4n) is 3.35. The molecule has 0 bridgehead atoms. The zero-order valence-electron chi connectivity index (χ0n) is 15.2. The van der Waals surface area contributed by atoms with E-state index >= 15 is 0 Å². The van der Waals surface area contributed by atoms with Crippen molar-refractivity contribution in [3.05, 3.63) is 29.8 Å². The summed E-state index contributed by atoms with van der Waals surface area (Å²) in [5, 5.41) is 12.2. The molecule has 1 aliphatic rings. The molecule has 25 heavy (non-hydrogen) atoms. The lowest BCUT2D eigenvalue weighted by Gasteiger charge is -2.28. The highest BCUT2D eigenvalue weighted by atomic mass is 16.6. The predicted octanol–water partition coefficient (Wildman–Crippen LogP) is 3.87. The number of hydrogen-bond donors (Lipinski definition) is 2. The van der Waals surface area contributed by atoms with Crippen LogP contribution in [0.2, 0.25) is 0 Å². The summed E-state index contributed by atoms with van der Waals surface area (Å²) in [5.41, 5.74) is 1.85. The molecule has 0 heterocycles. The van der Waals surface area contributed by atoms with Gasteiger partial charge in [-0.15, -0.1) is 0 Å². The van der Waals surface area contributed by atoms with Crippen LogP contribution in [0.5, 0.6) is 0 Å². The Hall–Kier alpha value is -2.04. The second-order valence-corrected chi connectivity index (χ2v) is 7.10. The normalized spacial score (nSPS) is 17.5. The minimum atomic E-state index is -1.14. The zero-order valence-corrected chi connectivity index (χ0v) is 15.2. The Balaban J connectivity index is 1.77. The number of carboxylic acid groups (broad SMARTS) is 1. The first kappa shape index (κ1) is 19.3. The molecule has 1 saturated carbocycles. The molecular weight excluding hydrogens is 318 g/mol. The van der Waals surface area contributed by atoms with Gasteiger partial charge in [-0.2, -0.15) is 0 Å². The zero-order chi connectivity index (χ0) is 18.2. The quantitative estimate of drug-likeness (QED) is 0.698. The number of esters is 1. The standard InChI is InChI=1S/C20H29NO4/c1-14(17-6-4-3-5-7-17)13-21-18-10-8-16(9-11-18)12-19(22)25-15(2)20(23)24/h8-11,14-15,17,21H,3-7,12-13H2,1-2H3,(H,23,24). The second-order valence-electron chi connectivity index (χ2n) is 7.10. The summed E-state index contributed by atoms with van der Waals surface area (Å²) < 4.78 is 4.84. The van der Waals surface area contributed by atoms with Gasteiger partial charge < -0.3 is 15.2 Å². The third-order valence-electron chi connectivity index (χ3n) is 5.04. The van der Waals surface area contributed by atoms with Crippen LogP contribution in [0.4, 0.5) is 5.69 Å². The summed E-state index contributed by atoms with van der Waals surface area (Å²) in [6.45, 7) is 4.62. The number of carbonyl (C=O) groups is 2. The molecule has 1 fully saturated rings. The number of aliphatic carboxylic acids is 1. The topological polar surface area (TPSA) is 75.6 Å². The Morgan fingerprint density at radius 3 is 2.40 bits per heavy atom. The SMILES string of the molecule is CC(OC(=O)Cc1ccc(NCC(C)C2CCCCC2)cc1)C(=O)O. The van der Waals surface area contributed by atoms with Crippen molar-refractivity contribution >= 4 is 17.6 Å². The number of carboxylic acids is 1. The van der Waals surface area contributed by atoms with Gasteiger partial charge in [0.25, 0.3) is 0 Å². The van der Waals surface area contributed by atoms with Gasteiger partial charge >= 0.3 is 11.9 Å². The summed E-state index contributed by atoms with van der Waals surface area (Å²) in [6, 6.07) is 7.66. The van der Waals surface area contributed by atoms with Gasteiger partial charge in [-0.25, -0.2) is 4.79 Å². The molecule has 1 aliphatic carbocycles. The molecule has 2 N–H and O–H groups in total. The van der Waals surface area contributed by atoms with E-state index in [0.717, 1.165) is 23.7 Å². The lowest BCUT2D eigenvalue weighted by atomic mass is 9.81. The molecule has 1 aromatic carbocycles. The molecular formula is C20H29NO4. The van der Waals surface area contributed by atoms with Gasteiger partial charge in [-0.1, -0.05) is 51.2 Å². The predicted molar refractivity (Wildman–Crippen MR) is 97.6 cm³/mol. The third-order valence-corrected chi connectivity index (χ3v) is 5.04. The first-order chi connectivity index (χ1) is 12.0. The Bertz CT molecular complexity index is 564. The number of carbonyl (C=O) groups excluding carboxylic acids is 1. The first-order valence-electron chi connectivity index (χ1n) is 9.21. The molecule has 2 atom stereocenters. The van der Waals surface area contributed by atoms with Gasteiger partial charge in [0.1, 0.15) is 0 Å². The Morgan fingerprint density at radius 2 is 1.80 bits per heavy atom. The maximum absolute atomic E-state index is 11.7. The lowest BCUT2D eigenvalue weighted by Crippen LogP contribution is -2.24. The van der Waals surface area contributed by atoms with Crippen molar-refractivity contribution in [2.45, 2.75) is 58.5 Å². The maximum atomic E-state index is 11.7. The van der Waals surface area contributed by atoms with E-state index in [9.17, 15) is 9.59 Å². The highest BCUT2D eigenvalue weighted by Gasteiger charge is 2.20. The number of anilines is 1. The van der Waals surface area contributed by atoms with Crippen LogP contribution in [0.3, 0.4) is 0 Å². The molecule has 2 rings (SSSR count). The van der Waals surface area contributed by atoms with Crippen LogP contribution >= 0.6 is 0 Å². The van der Waals surface area contributed by atoms with Gasteiger partial charge in [0.15, 0.2) is 6.10 Å². The van der Waals surface area contributed by atoms with Crippen LogP contribution in [0.15, 0.2) is 24.3 Å². The number of ether oxygens (including phenoxy) is 1. The summed E-state index contributed by atoms with van der Waals surface area (Å²) >= 11 is 0. The largest absolute Gasteiger partial charge is 0.479 e. The molecule has 0 spiro atoms. The van der Waals surface area contributed by atoms with Crippen molar-refractivity contribution in [3.63, 3.8) is 0 Å². The van der Waals surface area contributed by atoms with Crippen LogP contribution in [0.25, 0.3) is 0 Å². The number of nitrogens with one attached hydrogen (secondary N) is 1. The second kappa shape index (κ2) is 9.44. The Morgan fingerprint density at radius 1 is 1.16 bits per heavy atom. The van der Waals surface area contributed by atoms with Gasteiger partial charge in [0.2, 0.25) is 0 Å². The minimum absolute atomic E-state index is 0.0797. The monoisotopic (exact) mass is 347 g/mol. The fourth-order valence-corrected chi connectivity index (χ4v) is 3.35. The van der Waals surface area contributed by atoms with Gasteiger partial charge in [-0.05, 0) is 36.5 Å². The van der Waals surface area contributed by atoms with Gasteiger partial charge in [-0.3, -0.25) is 4.79 Å². The van der Waals surface area contributed by atoms with Crippen LogP contribution in [0, 0.1) is 11.8 Å². The molecule has 138 valence electrons. The molecule has 0 saturated heterocycles. The molecule has 0 radical (unpaired) electrons.